The number of rotatable bonds is 11. The number of carbonyl (C=O) groups is 1. The summed E-state index contributed by atoms with van der Waals surface area (Å²) in [5.41, 5.74) is 0. The number of ether oxygens (including phenoxy) is 2. The summed E-state index contributed by atoms with van der Waals surface area (Å²) in [6, 6.07) is -2.16. The Morgan fingerprint density at radius 3 is 1.51 bits per heavy atom. The highest BCUT2D eigenvalue weighted by Gasteiger charge is 2.95. The molecule has 1 saturated heterocycles. The zero-order chi connectivity index (χ0) is 34.6. The highest BCUT2D eigenvalue weighted by molar-refractivity contribution is 9.09. The molecule has 8 nitrogen and oxygen atoms in total. The topological polar surface area (TPSA) is 128 Å². The van der Waals surface area contributed by atoms with E-state index in [0.29, 0.717) is 0 Å². The zero-order valence-corrected chi connectivity index (χ0v) is 21.3. The van der Waals surface area contributed by atoms with Crippen molar-refractivity contribution in [1.82, 2.24) is 5.32 Å². The lowest BCUT2D eigenvalue weighted by atomic mass is 9.88. The largest absolute Gasteiger partial charge is 0.460 e. The summed E-state index contributed by atoms with van der Waals surface area (Å²) in [4.78, 5) is 7.81. The number of hydrogen-bond donors (Lipinski definition) is 5. The minimum Gasteiger partial charge on any atom is -0.448 e. The predicted octanol–water partition coefficient (Wildman–Crippen LogP) is 3.29. The molecule has 0 aromatic heterocycles. The smallest absolute Gasteiger partial charge is 0.448 e. The molecular weight excluding hydrogens is 733 g/mol. The first-order chi connectivity index (χ1) is 18.8. The first-order valence-corrected chi connectivity index (χ1v) is 11.3. The van der Waals surface area contributed by atoms with E-state index in [1.54, 1.807) is 0 Å². The van der Waals surface area contributed by atoms with Gasteiger partial charge in [-0.2, -0.15) is 74.6 Å². The molecule has 0 aromatic rings. The van der Waals surface area contributed by atoms with Gasteiger partial charge in [-0.1, -0.05) is 15.9 Å². The number of aliphatic hydroxyl groups excluding tert-OH is 4. The van der Waals surface area contributed by atoms with Crippen molar-refractivity contribution < 1.29 is 109 Å². The van der Waals surface area contributed by atoms with Crippen molar-refractivity contribution in [2.24, 2.45) is 0 Å². The van der Waals surface area contributed by atoms with Crippen LogP contribution < -0.4 is 5.32 Å². The molecule has 0 bridgehead atoms. The van der Waals surface area contributed by atoms with Crippen LogP contribution >= 0.6 is 15.9 Å². The second-order valence-electron chi connectivity index (χ2n) is 8.53. The van der Waals surface area contributed by atoms with Crippen molar-refractivity contribution in [2.75, 3.05) is 13.2 Å². The lowest BCUT2D eigenvalue weighted by Crippen LogP contribution is -2.75. The van der Waals surface area contributed by atoms with Crippen LogP contribution in [0.2, 0.25) is 0 Å². The van der Waals surface area contributed by atoms with Crippen molar-refractivity contribution in [2.45, 2.75) is 83.1 Å². The Balaban J connectivity index is 3.24. The molecule has 1 aliphatic rings. The van der Waals surface area contributed by atoms with E-state index in [0.717, 1.165) is 0 Å². The quantitative estimate of drug-likeness (QED) is 0.162. The lowest BCUT2D eigenvalue weighted by Gasteiger charge is -2.43. The van der Waals surface area contributed by atoms with Gasteiger partial charge in [-0.25, -0.2) is 4.79 Å². The molecule has 0 saturated carbocycles. The zero-order valence-electron chi connectivity index (χ0n) is 19.7. The van der Waals surface area contributed by atoms with Crippen LogP contribution in [0.25, 0.3) is 0 Å². The van der Waals surface area contributed by atoms with Gasteiger partial charge in [0.15, 0.2) is 6.29 Å². The summed E-state index contributed by atoms with van der Waals surface area (Å²) in [5.74, 6) is -58.0. The van der Waals surface area contributed by atoms with Gasteiger partial charge in [0.1, 0.15) is 35.8 Å². The summed E-state index contributed by atoms with van der Waals surface area (Å²) >= 11 is 1.44. The van der Waals surface area contributed by atoms with Crippen LogP contribution in [0.3, 0.4) is 0 Å². The number of alkyl halides is 18. The fourth-order valence-electron chi connectivity index (χ4n) is 3.06. The van der Waals surface area contributed by atoms with E-state index >= 15 is 0 Å². The number of halogens is 18. The Bertz CT molecular complexity index is 998. The molecular formula is C17H15BrF17NO7. The second kappa shape index (κ2) is 11.9. The second-order valence-corrected chi connectivity index (χ2v) is 9.64. The number of carbonyl (C=O) groups excluding carboxylic acids is 1. The van der Waals surface area contributed by atoms with Gasteiger partial charge in [-0.15, -0.1) is 0 Å². The first kappa shape index (κ1) is 39.4. The van der Waals surface area contributed by atoms with E-state index in [9.17, 15) is 94.8 Å². The van der Waals surface area contributed by atoms with Crippen molar-refractivity contribution in [3.8, 4) is 0 Å². The normalized spacial score (nSPS) is 26.2. The molecule has 6 atom stereocenters. The average molecular weight is 748 g/mol. The highest BCUT2D eigenvalue weighted by atomic mass is 79.9. The summed E-state index contributed by atoms with van der Waals surface area (Å²) in [6.45, 7) is -3.41. The van der Waals surface area contributed by atoms with E-state index < -0.39 is 102 Å². The van der Waals surface area contributed by atoms with Gasteiger partial charge in [0.05, 0.1) is 6.61 Å². The maximum absolute atomic E-state index is 14.2. The van der Waals surface area contributed by atoms with Crippen LogP contribution in [0.4, 0.5) is 79.4 Å². The molecule has 1 aliphatic heterocycles. The Morgan fingerprint density at radius 2 is 1.12 bits per heavy atom. The Labute approximate surface area is 233 Å². The molecule has 1 unspecified atom stereocenters. The summed E-state index contributed by atoms with van der Waals surface area (Å²) in [6.07, 6.45) is -18.4. The number of amides is 1. The van der Waals surface area contributed by atoms with E-state index in [4.69, 9.17) is 5.11 Å². The molecule has 26 heteroatoms. The maximum atomic E-state index is 14.2. The Hall–Kier alpha value is -1.64. The monoisotopic (exact) mass is 747 g/mol. The van der Waals surface area contributed by atoms with Crippen molar-refractivity contribution in [1.29, 1.82) is 0 Å². The lowest BCUT2D eigenvalue weighted by molar-refractivity contribution is -0.461. The number of nitrogens with one attached hydrogen (secondary N) is 1. The van der Waals surface area contributed by atoms with Gasteiger partial charge in [0.25, 0.3) is 0 Å². The minimum absolute atomic E-state index is 1.03. The average Bonchev–Trinajstić information content (AvgIpc) is 2.85. The van der Waals surface area contributed by atoms with Gasteiger partial charge in [0, 0.05) is 0 Å². The highest BCUT2D eigenvalue weighted by Crippen LogP contribution is 2.64. The molecule has 1 heterocycles. The molecule has 1 amide bonds. The van der Waals surface area contributed by atoms with E-state index in [1.807, 2.05) is 0 Å². The SMILES string of the molecule is O=C(N[C@@H]1[C@@H](O)[C@H](O)[C@@H](CO)O[C@H]1O)OCC(Br)C(F)(F)C(F)(F)C(F)(F)C(F)(F)C(F)(F)C(F)(F)C(F)(F)C(F)(F)F. The molecule has 0 aliphatic carbocycles. The number of aliphatic hydroxyl groups is 4. The predicted molar refractivity (Wildman–Crippen MR) is 102 cm³/mol. The first-order valence-electron chi connectivity index (χ1n) is 10.4. The summed E-state index contributed by atoms with van der Waals surface area (Å²) in [5, 5.41) is 39.3. The van der Waals surface area contributed by atoms with E-state index in [2.05, 4.69) is 9.47 Å². The van der Waals surface area contributed by atoms with Gasteiger partial charge in [-0.3, -0.25) is 0 Å². The molecule has 0 radical (unpaired) electrons. The third-order valence-corrected chi connectivity index (χ3v) is 6.52. The van der Waals surface area contributed by atoms with E-state index in [1.165, 1.54) is 21.2 Å². The van der Waals surface area contributed by atoms with Crippen LogP contribution in [0.5, 0.6) is 0 Å². The van der Waals surface area contributed by atoms with Crippen LogP contribution in [0.1, 0.15) is 0 Å². The molecule has 0 aromatic carbocycles. The van der Waals surface area contributed by atoms with Crippen LogP contribution in [0.15, 0.2) is 0 Å². The molecule has 256 valence electrons. The third-order valence-electron chi connectivity index (χ3n) is 5.69. The molecule has 5 N–H and O–H groups in total. The summed E-state index contributed by atoms with van der Waals surface area (Å²) in [7, 11) is 0. The molecule has 1 rings (SSSR count). The molecule has 43 heavy (non-hydrogen) atoms. The van der Waals surface area contributed by atoms with Crippen LogP contribution in [-0.2, 0) is 9.47 Å². The molecule has 1 fully saturated rings. The van der Waals surface area contributed by atoms with E-state index in [-0.39, 0.29) is 0 Å². The molecule has 0 spiro atoms. The van der Waals surface area contributed by atoms with Crippen molar-refractivity contribution in [3.05, 3.63) is 0 Å². The fraction of sp³-hybridized carbons (Fsp3) is 0.941. The van der Waals surface area contributed by atoms with Crippen LogP contribution in [0, 0.1) is 0 Å². The summed E-state index contributed by atoms with van der Waals surface area (Å²) < 4.78 is 235. The fourth-order valence-corrected chi connectivity index (χ4v) is 3.48. The van der Waals surface area contributed by atoms with Crippen molar-refractivity contribution >= 4 is 22.0 Å². The Kier molecular flexibility index (Phi) is 10.9. The van der Waals surface area contributed by atoms with Gasteiger partial charge < -0.3 is 35.2 Å². The van der Waals surface area contributed by atoms with Gasteiger partial charge in [-0.05, 0) is 0 Å². The standard InChI is InChI=1S/C17H15BrF17NO7/c18-4(2-42-9(41)36-5-7(39)6(38)3(1-37)43-8(5)40)10(19,20)11(21,22)12(23,24)13(25,26)14(27,28)15(29,30)16(31,32)17(33,34)35/h3-8,37-40H,1-2H2,(H,36,41)/t3-,4?,5-,6-,7-,8-/m1/s1. The van der Waals surface area contributed by atoms with Gasteiger partial charge in [0.2, 0.25) is 0 Å². The Morgan fingerprint density at radius 1 is 0.721 bits per heavy atom. The van der Waals surface area contributed by atoms with Crippen LogP contribution in [-0.4, -0.2) is 123 Å². The number of alkyl carbamates (subject to hydrolysis) is 1. The maximum Gasteiger partial charge on any atom is 0.460 e. The van der Waals surface area contributed by atoms with Crippen molar-refractivity contribution in [3.63, 3.8) is 0 Å². The third kappa shape index (κ3) is 6.14. The van der Waals surface area contributed by atoms with Gasteiger partial charge >= 0.3 is 53.7 Å². The number of hydrogen-bond acceptors (Lipinski definition) is 7. The minimum atomic E-state index is -8.80.